The van der Waals surface area contributed by atoms with E-state index in [9.17, 15) is 19.8 Å². The molecule has 0 aliphatic carbocycles. The van der Waals surface area contributed by atoms with Gasteiger partial charge in [0.2, 0.25) is 6.03 Å². The number of nitrogens with zero attached hydrogens (tertiary/aromatic N) is 2. The minimum atomic E-state index is -0.863. The molecule has 1 fully saturated rings. The van der Waals surface area contributed by atoms with Crippen molar-refractivity contribution in [2.24, 2.45) is 11.8 Å². The van der Waals surface area contributed by atoms with Gasteiger partial charge in [-0.25, -0.2) is 9.59 Å². The Morgan fingerprint density at radius 3 is 2.29 bits per heavy atom. The van der Waals surface area contributed by atoms with Gasteiger partial charge in [0.25, 0.3) is 0 Å². The molecule has 1 aliphatic heterocycles. The Labute approximate surface area is 226 Å². The van der Waals surface area contributed by atoms with E-state index in [2.05, 4.69) is 10.6 Å². The maximum absolute atomic E-state index is 12.2. The second kappa shape index (κ2) is 14.6. The average molecular weight is 532 g/mol. The molecule has 1 aromatic carbocycles. The predicted molar refractivity (Wildman–Crippen MR) is 146 cm³/mol. The number of carbonyl (C=O) groups is 3. The number of carbonyl (C=O) groups excluding carboxylic acids is 3. The lowest BCUT2D eigenvalue weighted by atomic mass is 9.92. The highest BCUT2D eigenvalue weighted by molar-refractivity contribution is 6.00. The SMILES string of the molecule is COC(=O)[C@H](Cc1ccc(OCCCC2CCN(C(=O)NC(=[N-])C(C)C)CC2)cc1)NC(=O)OC(C)(C)C. The largest absolute Gasteiger partial charge is 0.494 e. The number of rotatable bonds is 10. The van der Waals surface area contributed by atoms with Gasteiger partial charge in [0.05, 0.1) is 13.7 Å². The highest BCUT2D eigenvalue weighted by Gasteiger charge is 2.25. The Morgan fingerprint density at radius 1 is 1.11 bits per heavy atom. The summed E-state index contributed by atoms with van der Waals surface area (Å²) >= 11 is 0. The molecular weight excluding hydrogens is 488 g/mol. The zero-order valence-corrected chi connectivity index (χ0v) is 23.5. The van der Waals surface area contributed by atoms with Crippen LogP contribution in [0.3, 0.4) is 0 Å². The molecular formula is C28H43N4O6-. The van der Waals surface area contributed by atoms with Crippen molar-refractivity contribution in [1.82, 2.24) is 15.5 Å². The summed E-state index contributed by atoms with van der Waals surface area (Å²) in [5.74, 6) is 0.625. The Morgan fingerprint density at radius 2 is 1.74 bits per heavy atom. The lowest BCUT2D eigenvalue weighted by molar-refractivity contribution is -0.143. The smallest absolute Gasteiger partial charge is 0.408 e. The first-order chi connectivity index (χ1) is 17.9. The summed E-state index contributed by atoms with van der Waals surface area (Å²) in [4.78, 5) is 38.2. The molecule has 0 spiro atoms. The summed E-state index contributed by atoms with van der Waals surface area (Å²) < 4.78 is 16.0. The summed E-state index contributed by atoms with van der Waals surface area (Å²) in [6.07, 6.45) is 3.38. The third-order valence-electron chi connectivity index (χ3n) is 6.25. The first-order valence-corrected chi connectivity index (χ1v) is 13.3. The van der Waals surface area contributed by atoms with Crippen LogP contribution in [0.1, 0.15) is 65.9 Å². The number of nitrogens with one attached hydrogen (secondary N) is 2. The molecule has 2 N–H and O–H groups in total. The molecule has 10 heteroatoms. The number of esters is 1. The van der Waals surface area contributed by atoms with Crippen molar-refractivity contribution < 1.29 is 28.6 Å². The summed E-state index contributed by atoms with van der Waals surface area (Å²) in [5.41, 5.74) is 0.174. The van der Waals surface area contributed by atoms with E-state index in [4.69, 9.17) is 14.2 Å². The fraction of sp³-hybridized carbons (Fsp3) is 0.643. The van der Waals surface area contributed by atoms with Gasteiger partial charge in [0.15, 0.2) is 0 Å². The predicted octanol–water partition coefficient (Wildman–Crippen LogP) is 4.50. The van der Waals surface area contributed by atoms with E-state index >= 15 is 0 Å². The summed E-state index contributed by atoms with van der Waals surface area (Å²) in [6, 6.07) is 6.31. The number of methoxy groups -OCH3 is 1. The number of alkyl carbamates (subject to hydrolysis) is 1. The highest BCUT2D eigenvalue weighted by Crippen LogP contribution is 2.22. The molecule has 1 aromatic rings. The number of likely N-dealkylation sites (tertiary alicyclic amines) is 1. The summed E-state index contributed by atoms with van der Waals surface area (Å²) in [7, 11) is 1.28. The Hall–Kier alpha value is -3.30. The van der Waals surface area contributed by atoms with Crippen LogP contribution in [0, 0.1) is 11.8 Å². The molecule has 2 rings (SSSR count). The molecule has 1 aliphatic rings. The number of ether oxygens (including phenoxy) is 3. The average Bonchev–Trinajstić information content (AvgIpc) is 2.85. The fourth-order valence-corrected chi connectivity index (χ4v) is 4.06. The van der Waals surface area contributed by atoms with E-state index in [-0.39, 0.29) is 24.2 Å². The topological polar surface area (TPSA) is 128 Å². The molecule has 10 nitrogen and oxygen atoms in total. The van der Waals surface area contributed by atoms with Crippen LogP contribution in [0.2, 0.25) is 0 Å². The van der Waals surface area contributed by atoms with Crippen LogP contribution in [-0.2, 0) is 20.7 Å². The zero-order valence-electron chi connectivity index (χ0n) is 23.5. The number of amides is 3. The third-order valence-corrected chi connectivity index (χ3v) is 6.25. The van der Waals surface area contributed by atoms with Crippen molar-refractivity contribution in [3.8, 4) is 5.75 Å². The third kappa shape index (κ3) is 11.0. The van der Waals surface area contributed by atoms with Gasteiger partial charge in [-0.05, 0) is 76.0 Å². The number of urea groups is 1. The molecule has 0 saturated carbocycles. The van der Waals surface area contributed by atoms with Crippen molar-refractivity contribution in [3.05, 3.63) is 35.2 Å². The van der Waals surface area contributed by atoms with E-state index in [1.165, 1.54) is 7.11 Å². The standard InChI is InChI=1S/C28H43N4O6/c1-19(2)24(29)31-26(34)32-15-13-20(14-16-32)8-7-17-37-22-11-9-21(10-12-22)18-23(25(33)36-6)30-27(35)38-28(3,4)5/h9-12,19-20,23H,7-8,13-18H2,1-6H3,(H2-,29,30,31,34,35)/q-1/t23-/m0/s1. The van der Waals surface area contributed by atoms with Crippen LogP contribution in [0.25, 0.3) is 5.41 Å². The zero-order chi connectivity index (χ0) is 28.3. The van der Waals surface area contributed by atoms with E-state index in [0.717, 1.165) is 37.0 Å². The molecule has 212 valence electrons. The van der Waals surface area contributed by atoms with Gasteiger partial charge in [-0.1, -0.05) is 31.8 Å². The van der Waals surface area contributed by atoms with Crippen molar-refractivity contribution >= 4 is 23.9 Å². The molecule has 0 radical (unpaired) electrons. The van der Waals surface area contributed by atoms with Gasteiger partial charge in [-0.2, -0.15) is 0 Å². The molecule has 1 heterocycles. The van der Waals surface area contributed by atoms with Crippen molar-refractivity contribution in [3.63, 3.8) is 0 Å². The number of amidine groups is 1. The minimum Gasteiger partial charge on any atom is -0.494 e. The van der Waals surface area contributed by atoms with Crippen molar-refractivity contribution in [2.45, 2.75) is 78.4 Å². The van der Waals surface area contributed by atoms with E-state index in [1.807, 2.05) is 38.1 Å². The number of hydrogen-bond acceptors (Lipinski definition) is 6. The second-order valence-corrected chi connectivity index (χ2v) is 11.0. The minimum absolute atomic E-state index is 0.00283. The fourth-order valence-electron chi connectivity index (χ4n) is 4.06. The summed E-state index contributed by atoms with van der Waals surface area (Å²) in [6.45, 7) is 10.9. The first kappa shape index (κ1) is 30.9. The lowest BCUT2D eigenvalue weighted by Gasteiger charge is -2.35. The Balaban J connectivity index is 1.72. The van der Waals surface area contributed by atoms with Crippen LogP contribution in [-0.4, -0.2) is 67.3 Å². The van der Waals surface area contributed by atoms with Gasteiger partial charge in [-0.3, -0.25) is 4.79 Å². The van der Waals surface area contributed by atoms with Gasteiger partial charge < -0.3 is 35.2 Å². The maximum atomic E-state index is 12.2. The van der Waals surface area contributed by atoms with Crippen LogP contribution < -0.4 is 15.4 Å². The van der Waals surface area contributed by atoms with Crippen LogP contribution in [0.4, 0.5) is 9.59 Å². The first-order valence-electron chi connectivity index (χ1n) is 13.3. The van der Waals surface area contributed by atoms with E-state index in [0.29, 0.717) is 25.6 Å². The normalized spacial score (nSPS) is 15.0. The van der Waals surface area contributed by atoms with Crippen LogP contribution in [0.5, 0.6) is 5.75 Å². The summed E-state index contributed by atoms with van der Waals surface area (Å²) in [5, 5.41) is 14.9. The highest BCUT2D eigenvalue weighted by atomic mass is 16.6. The Kier molecular flexibility index (Phi) is 11.9. The number of piperidine rings is 1. The van der Waals surface area contributed by atoms with Crippen molar-refractivity contribution in [1.29, 1.82) is 0 Å². The Bertz CT molecular complexity index is 934. The van der Waals surface area contributed by atoms with Gasteiger partial charge in [0, 0.05) is 19.5 Å². The van der Waals surface area contributed by atoms with Crippen molar-refractivity contribution in [2.75, 3.05) is 26.8 Å². The lowest BCUT2D eigenvalue weighted by Crippen LogP contribution is -2.47. The number of hydrogen-bond donors (Lipinski definition) is 2. The van der Waals surface area contributed by atoms with Gasteiger partial charge in [0.1, 0.15) is 17.4 Å². The van der Waals surface area contributed by atoms with Gasteiger partial charge in [-0.15, -0.1) is 0 Å². The molecule has 1 saturated heterocycles. The second-order valence-electron chi connectivity index (χ2n) is 11.0. The van der Waals surface area contributed by atoms with Crippen LogP contribution >= 0.6 is 0 Å². The van der Waals surface area contributed by atoms with Crippen LogP contribution in [0.15, 0.2) is 24.3 Å². The maximum Gasteiger partial charge on any atom is 0.408 e. The molecule has 3 amide bonds. The number of benzene rings is 1. The van der Waals surface area contributed by atoms with Gasteiger partial charge >= 0.3 is 12.1 Å². The van der Waals surface area contributed by atoms with E-state index in [1.54, 1.807) is 25.7 Å². The molecule has 38 heavy (non-hydrogen) atoms. The quantitative estimate of drug-likeness (QED) is 0.198. The molecule has 0 bridgehead atoms. The van der Waals surface area contributed by atoms with E-state index < -0.39 is 23.7 Å². The molecule has 0 aromatic heterocycles. The monoisotopic (exact) mass is 531 g/mol. The molecule has 1 atom stereocenters. The molecule has 0 unspecified atom stereocenters.